The molecule has 0 radical (unpaired) electrons. The van der Waals surface area contributed by atoms with Crippen molar-refractivity contribution in [1.29, 1.82) is 0 Å². The van der Waals surface area contributed by atoms with E-state index in [0.29, 0.717) is 17.4 Å². The van der Waals surface area contributed by atoms with Gasteiger partial charge in [0.05, 0.1) is 12.3 Å². The van der Waals surface area contributed by atoms with E-state index in [1.807, 2.05) is 26.0 Å². The molecule has 0 saturated heterocycles. The summed E-state index contributed by atoms with van der Waals surface area (Å²) in [6, 6.07) is 18.4. The highest BCUT2D eigenvalue weighted by Gasteiger charge is 2.19. The third-order valence-corrected chi connectivity index (χ3v) is 5.51. The highest BCUT2D eigenvalue weighted by atomic mass is 35.5. The van der Waals surface area contributed by atoms with Crippen LogP contribution in [0.2, 0.25) is 5.02 Å². The Labute approximate surface area is 175 Å². The first-order valence-electron chi connectivity index (χ1n) is 8.95. The standard InChI is InChI=1S/C22H20ClNO4S/c1-3-27-22-13-17(15-24-20-14-18(23)11-9-16(20)2)10-12-21(22)28-29(25,26)19-7-5-4-6-8-19/h4-15H,3H2,1-2H3. The molecule has 3 rings (SSSR count). The van der Waals surface area contributed by atoms with Crippen LogP contribution in [0.3, 0.4) is 0 Å². The Balaban J connectivity index is 1.89. The molecule has 3 aromatic rings. The van der Waals surface area contributed by atoms with Gasteiger partial charge in [0.2, 0.25) is 0 Å². The summed E-state index contributed by atoms with van der Waals surface area (Å²) in [6.45, 7) is 4.11. The van der Waals surface area contributed by atoms with Crippen molar-refractivity contribution in [3.8, 4) is 11.5 Å². The molecule has 0 fully saturated rings. The van der Waals surface area contributed by atoms with E-state index in [9.17, 15) is 8.42 Å². The molecule has 0 aliphatic heterocycles. The first-order valence-corrected chi connectivity index (χ1v) is 10.7. The zero-order chi connectivity index (χ0) is 20.9. The lowest BCUT2D eigenvalue weighted by molar-refractivity contribution is 0.327. The van der Waals surface area contributed by atoms with Gasteiger partial charge in [0.1, 0.15) is 4.90 Å². The summed E-state index contributed by atoms with van der Waals surface area (Å²) < 4.78 is 35.9. The van der Waals surface area contributed by atoms with E-state index >= 15 is 0 Å². The summed E-state index contributed by atoms with van der Waals surface area (Å²) in [5.41, 5.74) is 2.48. The molecule has 0 bridgehead atoms. The molecule has 0 heterocycles. The Morgan fingerprint density at radius 1 is 1.00 bits per heavy atom. The summed E-state index contributed by atoms with van der Waals surface area (Å²) in [7, 11) is -3.96. The Bertz CT molecular complexity index is 1130. The monoisotopic (exact) mass is 429 g/mol. The molecule has 3 aromatic carbocycles. The summed E-state index contributed by atoms with van der Waals surface area (Å²) in [5.74, 6) is 0.436. The van der Waals surface area contributed by atoms with Crippen LogP contribution in [-0.4, -0.2) is 21.2 Å². The quantitative estimate of drug-likeness (QED) is 0.364. The Kier molecular flexibility index (Phi) is 6.56. The van der Waals surface area contributed by atoms with Crippen molar-refractivity contribution in [2.75, 3.05) is 6.61 Å². The van der Waals surface area contributed by atoms with Crippen LogP contribution in [0.5, 0.6) is 11.5 Å². The minimum atomic E-state index is -3.96. The molecule has 0 unspecified atom stereocenters. The van der Waals surface area contributed by atoms with Crippen molar-refractivity contribution >= 4 is 33.6 Å². The van der Waals surface area contributed by atoms with Crippen molar-refractivity contribution < 1.29 is 17.3 Å². The van der Waals surface area contributed by atoms with E-state index in [1.165, 1.54) is 12.1 Å². The van der Waals surface area contributed by atoms with Gasteiger partial charge < -0.3 is 8.92 Å². The molecule has 29 heavy (non-hydrogen) atoms. The summed E-state index contributed by atoms with van der Waals surface area (Å²) in [6.07, 6.45) is 1.66. The number of rotatable bonds is 7. The van der Waals surface area contributed by atoms with Gasteiger partial charge in [-0.25, -0.2) is 0 Å². The topological polar surface area (TPSA) is 65.0 Å². The van der Waals surface area contributed by atoms with E-state index in [1.54, 1.807) is 48.7 Å². The number of halogens is 1. The second kappa shape index (κ2) is 9.11. The number of hydrogen-bond donors (Lipinski definition) is 0. The molecular formula is C22H20ClNO4S. The molecule has 150 valence electrons. The van der Waals surface area contributed by atoms with Crippen molar-refractivity contribution in [1.82, 2.24) is 0 Å². The minimum absolute atomic E-state index is 0.0736. The fourth-order valence-electron chi connectivity index (χ4n) is 2.56. The molecule has 0 saturated carbocycles. The molecule has 0 aliphatic rings. The maximum absolute atomic E-state index is 12.5. The first kappa shape index (κ1) is 20.9. The van der Waals surface area contributed by atoms with Crippen molar-refractivity contribution in [2.45, 2.75) is 18.7 Å². The highest BCUT2D eigenvalue weighted by Crippen LogP contribution is 2.31. The third kappa shape index (κ3) is 5.37. The van der Waals surface area contributed by atoms with Gasteiger partial charge in [-0.15, -0.1) is 0 Å². The lowest BCUT2D eigenvalue weighted by Gasteiger charge is -2.12. The third-order valence-electron chi connectivity index (χ3n) is 4.02. The number of benzene rings is 3. The number of hydrogen-bond acceptors (Lipinski definition) is 5. The zero-order valence-corrected chi connectivity index (χ0v) is 17.6. The maximum Gasteiger partial charge on any atom is 0.339 e. The van der Waals surface area contributed by atoms with E-state index in [4.69, 9.17) is 20.5 Å². The molecule has 0 aromatic heterocycles. The van der Waals surface area contributed by atoms with Crippen molar-refractivity contribution in [3.05, 3.63) is 82.9 Å². The summed E-state index contributed by atoms with van der Waals surface area (Å²) in [5, 5.41) is 0.604. The van der Waals surface area contributed by atoms with Crippen LogP contribution in [0.4, 0.5) is 5.69 Å². The van der Waals surface area contributed by atoms with E-state index in [-0.39, 0.29) is 10.6 Å². The average Bonchev–Trinajstić information content (AvgIpc) is 2.71. The summed E-state index contributed by atoms with van der Waals surface area (Å²) >= 11 is 6.03. The second-order valence-electron chi connectivity index (χ2n) is 6.18. The van der Waals surface area contributed by atoms with Crippen molar-refractivity contribution in [2.24, 2.45) is 4.99 Å². The fourth-order valence-corrected chi connectivity index (χ4v) is 3.69. The zero-order valence-electron chi connectivity index (χ0n) is 16.0. The lowest BCUT2D eigenvalue weighted by atomic mass is 10.2. The van der Waals surface area contributed by atoms with Crippen molar-refractivity contribution in [3.63, 3.8) is 0 Å². The van der Waals surface area contributed by atoms with Gasteiger partial charge in [-0.1, -0.05) is 35.9 Å². The lowest BCUT2D eigenvalue weighted by Crippen LogP contribution is -2.10. The van der Waals surface area contributed by atoms with E-state index < -0.39 is 10.1 Å². The van der Waals surface area contributed by atoms with Crippen LogP contribution in [-0.2, 0) is 10.1 Å². The van der Waals surface area contributed by atoms with Gasteiger partial charge in [-0.3, -0.25) is 4.99 Å². The van der Waals surface area contributed by atoms with Crippen LogP contribution >= 0.6 is 11.6 Å². The van der Waals surface area contributed by atoms with Gasteiger partial charge >= 0.3 is 10.1 Å². The summed E-state index contributed by atoms with van der Waals surface area (Å²) in [4.78, 5) is 4.54. The Hall–Kier alpha value is -2.83. The molecule has 0 N–H and O–H groups in total. The van der Waals surface area contributed by atoms with Gasteiger partial charge in [0.25, 0.3) is 0 Å². The second-order valence-corrected chi connectivity index (χ2v) is 8.16. The molecule has 0 spiro atoms. The number of aryl methyl sites for hydroxylation is 1. The van der Waals surface area contributed by atoms with Gasteiger partial charge in [-0.2, -0.15) is 8.42 Å². The minimum Gasteiger partial charge on any atom is -0.490 e. The Morgan fingerprint density at radius 2 is 1.76 bits per heavy atom. The molecule has 0 atom stereocenters. The fraction of sp³-hybridized carbons (Fsp3) is 0.136. The number of nitrogens with zero attached hydrogens (tertiary/aromatic N) is 1. The predicted octanol–water partition coefficient (Wildman–Crippen LogP) is 5.57. The number of ether oxygens (including phenoxy) is 1. The van der Waals surface area contributed by atoms with Crippen LogP contribution < -0.4 is 8.92 Å². The van der Waals surface area contributed by atoms with Crippen LogP contribution in [0.25, 0.3) is 0 Å². The van der Waals surface area contributed by atoms with Gasteiger partial charge in [0, 0.05) is 11.2 Å². The van der Waals surface area contributed by atoms with E-state index in [2.05, 4.69) is 4.99 Å². The number of aliphatic imine (C=N–C) groups is 1. The Morgan fingerprint density at radius 3 is 2.48 bits per heavy atom. The van der Waals surface area contributed by atoms with E-state index in [0.717, 1.165) is 16.8 Å². The normalized spacial score (nSPS) is 11.6. The van der Waals surface area contributed by atoms with Gasteiger partial charge in [0.15, 0.2) is 11.5 Å². The predicted molar refractivity (Wildman–Crippen MR) is 115 cm³/mol. The van der Waals surface area contributed by atoms with Crippen LogP contribution in [0.1, 0.15) is 18.1 Å². The molecule has 0 amide bonds. The van der Waals surface area contributed by atoms with Crippen LogP contribution in [0, 0.1) is 6.92 Å². The van der Waals surface area contributed by atoms with Crippen LogP contribution in [0.15, 0.2) is 76.6 Å². The van der Waals surface area contributed by atoms with Gasteiger partial charge in [-0.05, 0) is 67.4 Å². The maximum atomic E-state index is 12.5. The molecular weight excluding hydrogens is 410 g/mol. The SMILES string of the molecule is CCOc1cc(C=Nc2cc(Cl)ccc2C)ccc1OS(=O)(=O)c1ccccc1. The average molecular weight is 430 g/mol. The largest absolute Gasteiger partial charge is 0.490 e. The first-order chi connectivity index (χ1) is 13.9. The highest BCUT2D eigenvalue weighted by molar-refractivity contribution is 7.87. The molecule has 5 nitrogen and oxygen atoms in total. The molecule has 0 aliphatic carbocycles. The smallest absolute Gasteiger partial charge is 0.339 e. The molecule has 7 heteroatoms.